The van der Waals surface area contributed by atoms with Crippen molar-refractivity contribution in [2.24, 2.45) is 0 Å². The Bertz CT molecular complexity index is 515. The maximum absolute atomic E-state index is 11.9. The molecule has 0 aromatic heterocycles. The highest BCUT2D eigenvalue weighted by molar-refractivity contribution is 5.87. The zero-order valence-corrected chi connectivity index (χ0v) is 13.8. The van der Waals surface area contributed by atoms with Crippen LogP contribution in [0.15, 0.2) is 42.5 Å². The van der Waals surface area contributed by atoms with Gasteiger partial charge in [0.1, 0.15) is 5.60 Å². The Labute approximate surface area is 132 Å². The van der Waals surface area contributed by atoms with E-state index in [1.54, 1.807) is 6.08 Å². The van der Waals surface area contributed by atoms with E-state index in [-0.39, 0.29) is 11.8 Å². The first kappa shape index (κ1) is 18.0. The van der Waals surface area contributed by atoms with Crippen LogP contribution in [0.2, 0.25) is 0 Å². The molecular formula is C18H25NO3. The minimum absolute atomic E-state index is 0.0456. The van der Waals surface area contributed by atoms with Crippen molar-refractivity contribution in [2.45, 2.75) is 52.2 Å². The molecule has 1 aromatic rings. The molecule has 0 unspecified atom stereocenters. The van der Waals surface area contributed by atoms with Gasteiger partial charge in [0.15, 0.2) is 5.78 Å². The summed E-state index contributed by atoms with van der Waals surface area (Å²) in [5.41, 5.74) is 0.646. The second kappa shape index (κ2) is 8.37. The molecule has 0 saturated carbocycles. The number of aryl methyl sites for hydroxylation is 1. The summed E-state index contributed by atoms with van der Waals surface area (Å²) in [6.07, 6.45) is 4.23. The Balaban J connectivity index is 2.63. The molecule has 1 amide bonds. The second-order valence-corrected chi connectivity index (χ2v) is 6.25. The van der Waals surface area contributed by atoms with Crippen LogP contribution >= 0.6 is 0 Å². The lowest BCUT2D eigenvalue weighted by molar-refractivity contribution is -0.112. The minimum atomic E-state index is -0.543. The summed E-state index contributed by atoms with van der Waals surface area (Å²) in [6.45, 7) is 6.93. The van der Waals surface area contributed by atoms with Crippen LogP contribution in [0.1, 0.15) is 39.7 Å². The molecule has 0 fully saturated rings. The number of alkyl carbamates (subject to hydrolysis) is 1. The van der Waals surface area contributed by atoms with Gasteiger partial charge >= 0.3 is 6.09 Å². The van der Waals surface area contributed by atoms with Crippen LogP contribution in [0.5, 0.6) is 0 Å². The summed E-state index contributed by atoms with van der Waals surface area (Å²) < 4.78 is 5.26. The first-order valence-electron chi connectivity index (χ1n) is 7.48. The monoisotopic (exact) mass is 303 g/mol. The number of benzene rings is 1. The number of ketones is 1. The number of rotatable bonds is 6. The molecule has 0 aliphatic carbocycles. The zero-order chi connectivity index (χ0) is 16.6. The fourth-order valence-corrected chi connectivity index (χ4v) is 1.89. The highest BCUT2D eigenvalue weighted by Crippen LogP contribution is 2.09. The number of carbonyl (C=O) groups excluding carboxylic acids is 2. The SMILES string of the molecule is CC(=O)/C=C/[C@H](CCc1ccccc1)NC(=O)OC(C)(C)C. The first-order valence-corrected chi connectivity index (χ1v) is 7.48. The van der Waals surface area contributed by atoms with E-state index in [9.17, 15) is 9.59 Å². The molecule has 1 atom stereocenters. The third-order valence-corrected chi connectivity index (χ3v) is 2.85. The van der Waals surface area contributed by atoms with Crippen molar-refractivity contribution in [1.82, 2.24) is 5.32 Å². The average Bonchev–Trinajstić information content (AvgIpc) is 2.41. The van der Waals surface area contributed by atoms with E-state index in [4.69, 9.17) is 4.74 Å². The van der Waals surface area contributed by atoms with Crippen LogP contribution in [0.4, 0.5) is 4.79 Å². The van der Waals surface area contributed by atoms with Gasteiger partial charge in [0.05, 0.1) is 6.04 Å². The maximum Gasteiger partial charge on any atom is 0.408 e. The fraction of sp³-hybridized carbons (Fsp3) is 0.444. The molecule has 0 heterocycles. The van der Waals surface area contributed by atoms with Gasteiger partial charge in [-0.15, -0.1) is 0 Å². The van der Waals surface area contributed by atoms with Gasteiger partial charge in [0.2, 0.25) is 0 Å². The molecule has 0 aliphatic heterocycles. The molecule has 1 N–H and O–H groups in total. The van der Waals surface area contributed by atoms with Gasteiger partial charge < -0.3 is 10.1 Å². The quantitative estimate of drug-likeness (QED) is 0.816. The van der Waals surface area contributed by atoms with Crippen molar-refractivity contribution in [1.29, 1.82) is 0 Å². The first-order chi connectivity index (χ1) is 10.3. The van der Waals surface area contributed by atoms with Gasteiger partial charge in [0.25, 0.3) is 0 Å². The predicted octanol–water partition coefficient (Wildman–Crippen LogP) is 3.66. The molecule has 0 bridgehead atoms. The highest BCUT2D eigenvalue weighted by Gasteiger charge is 2.18. The van der Waals surface area contributed by atoms with Crippen molar-refractivity contribution in [2.75, 3.05) is 0 Å². The topological polar surface area (TPSA) is 55.4 Å². The molecule has 22 heavy (non-hydrogen) atoms. The van der Waals surface area contributed by atoms with Gasteiger partial charge in [-0.2, -0.15) is 0 Å². The van der Waals surface area contributed by atoms with Gasteiger partial charge in [-0.05, 0) is 52.2 Å². The van der Waals surface area contributed by atoms with E-state index in [1.165, 1.54) is 18.6 Å². The van der Waals surface area contributed by atoms with E-state index in [0.717, 1.165) is 6.42 Å². The summed E-state index contributed by atoms with van der Waals surface area (Å²) >= 11 is 0. The third-order valence-electron chi connectivity index (χ3n) is 2.85. The largest absolute Gasteiger partial charge is 0.444 e. The highest BCUT2D eigenvalue weighted by atomic mass is 16.6. The summed E-state index contributed by atoms with van der Waals surface area (Å²) in [7, 11) is 0. The number of hydrogen-bond acceptors (Lipinski definition) is 3. The number of carbonyl (C=O) groups is 2. The van der Waals surface area contributed by atoms with E-state index >= 15 is 0 Å². The zero-order valence-electron chi connectivity index (χ0n) is 13.8. The van der Waals surface area contributed by atoms with Crippen LogP contribution in [0.3, 0.4) is 0 Å². The van der Waals surface area contributed by atoms with Crippen molar-refractivity contribution in [3.05, 3.63) is 48.0 Å². The lowest BCUT2D eigenvalue weighted by Crippen LogP contribution is -2.38. The van der Waals surface area contributed by atoms with Crippen LogP contribution in [-0.2, 0) is 16.0 Å². The molecule has 1 rings (SSSR count). The van der Waals surface area contributed by atoms with Gasteiger partial charge in [-0.3, -0.25) is 4.79 Å². The lowest BCUT2D eigenvalue weighted by atomic mass is 10.0. The van der Waals surface area contributed by atoms with Crippen LogP contribution in [0.25, 0.3) is 0 Å². The number of amides is 1. The third kappa shape index (κ3) is 8.25. The molecule has 0 radical (unpaired) electrons. The summed E-state index contributed by atoms with van der Waals surface area (Å²) in [4.78, 5) is 23.0. The predicted molar refractivity (Wildman–Crippen MR) is 87.7 cm³/mol. The van der Waals surface area contributed by atoms with E-state index in [2.05, 4.69) is 5.32 Å². The molecule has 0 spiro atoms. The van der Waals surface area contributed by atoms with Gasteiger partial charge in [0, 0.05) is 0 Å². The fourth-order valence-electron chi connectivity index (χ4n) is 1.89. The summed E-state index contributed by atoms with van der Waals surface area (Å²) in [5.74, 6) is -0.0456. The van der Waals surface area contributed by atoms with Crippen molar-refractivity contribution < 1.29 is 14.3 Å². The molecule has 1 aromatic carbocycles. The Hall–Kier alpha value is -2.10. The van der Waals surface area contributed by atoms with Crippen LogP contribution < -0.4 is 5.32 Å². The standard InChI is InChI=1S/C18H25NO3/c1-14(20)10-12-16(19-17(21)22-18(2,3)4)13-11-15-8-6-5-7-9-15/h5-10,12,16H,11,13H2,1-4H3,(H,19,21)/b12-10+/t16-/m1/s1. The Morgan fingerprint density at radius 3 is 2.41 bits per heavy atom. The number of allylic oxidation sites excluding steroid dienone is 1. The van der Waals surface area contributed by atoms with Gasteiger partial charge in [-0.25, -0.2) is 4.79 Å². The summed E-state index contributed by atoms with van der Waals surface area (Å²) in [6, 6.07) is 9.78. The Morgan fingerprint density at radius 2 is 1.86 bits per heavy atom. The molecular weight excluding hydrogens is 278 g/mol. The Morgan fingerprint density at radius 1 is 1.23 bits per heavy atom. The second-order valence-electron chi connectivity index (χ2n) is 6.25. The number of nitrogens with one attached hydrogen (secondary N) is 1. The van der Waals surface area contributed by atoms with E-state index < -0.39 is 11.7 Å². The van der Waals surface area contributed by atoms with Crippen LogP contribution in [-0.4, -0.2) is 23.5 Å². The molecule has 120 valence electrons. The smallest absolute Gasteiger partial charge is 0.408 e. The lowest BCUT2D eigenvalue weighted by Gasteiger charge is -2.22. The molecule has 0 aliphatic rings. The maximum atomic E-state index is 11.9. The van der Waals surface area contributed by atoms with Crippen molar-refractivity contribution >= 4 is 11.9 Å². The van der Waals surface area contributed by atoms with E-state index in [0.29, 0.717) is 6.42 Å². The Kier molecular flexibility index (Phi) is 6.83. The average molecular weight is 303 g/mol. The summed E-state index contributed by atoms with van der Waals surface area (Å²) in [5, 5.41) is 2.80. The number of ether oxygens (including phenoxy) is 1. The van der Waals surface area contributed by atoms with Crippen molar-refractivity contribution in [3.63, 3.8) is 0 Å². The molecule has 0 saturated heterocycles. The van der Waals surface area contributed by atoms with E-state index in [1.807, 2.05) is 51.1 Å². The van der Waals surface area contributed by atoms with Crippen LogP contribution in [0, 0.1) is 0 Å². The van der Waals surface area contributed by atoms with Gasteiger partial charge in [-0.1, -0.05) is 36.4 Å². The minimum Gasteiger partial charge on any atom is -0.444 e. The number of hydrogen-bond donors (Lipinski definition) is 1. The van der Waals surface area contributed by atoms with Crippen molar-refractivity contribution in [3.8, 4) is 0 Å². The molecule has 4 nitrogen and oxygen atoms in total. The normalized spacial score (nSPS) is 12.9. The molecule has 4 heteroatoms.